The molecular weight excluding hydrogens is 440 g/mol. The lowest BCUT2D eigenvalue weighted by Gasteiger charge is -2.38. The molecule has 1 saturated heterocycles. The van der Waals surface area contributed by atoms with Gasteiger partial charge in [-0.1, -0.05) is 11.6 Å². The van der Waals surface area contributed by atoms with Crippen LogP contribution in [0.2, 0.25) is 5.02 Å². The number of benzene rings is 1. The van der Waals surface area contributed by atoms with Gasteiger partial charge in [-0.3, -0.25) is 14.7 Å². The molecule has 1 amide bonds. The first-order chi connectivity index (χ1) is 14.5. The summed E-state index contributed by atoms with van der Waals surface area (Å²) in [6, 6.07) is 7.05. The van der Waals surface area contributed by atoms with Crippen LogP contribution >= 0.6 is 23.4 Å². The number of pyridine rings is 1. The van der Waals surface area contributed by atoms with Crippen LogP contribution in [-0.4, -0.2) is 73.0 Å². The quantitative estimate of drug-likeness (QED) is 0.449. The number of piperidine rings is 1. The van der Waals surface area contributed by atoms with Crippen LogP contribution in [-0.2, 0) is 4.74 Å². The van der Waals surface area contributed by atoms with Crippen molar-refractivity contribution in [3.8, 4) is 5.75 Å². The Morgan fingerprint density at radius 1 is 1.35 bits per heavy atom. The molecule has 1 aliphatic rings. The van der Waals surface area contributed by atoms with Crippen molar-refractivity contribution in [2.45, 2.75) is 23.5 Å². The maximum atomic E-state index is 12.9. The second kappa shape index (κ2) is 12.1. The number of nitrogens with two attached hydrogens (primary N) is 1. The summed E-state index contributed by atoms with van der Waals surface area (Å²) >= 11 is 7.91. The monoisotopic (exact) mass is 468 g/mol. The second-order valence-electron chi connectivity index (χ2n) is 7.05. The summed E-state index contributed by atoms with van der Waals surface area (Å²) in [5.41, 5.74) is 6.55. The number of nitrogen functional groups attached to an aromatic ring is 1. The Kier molecular flexibility index (Phi) is 9.86. The minimum absolute atomic E-state index is 0. The lowest BCUT2D eigenvalue weighted by atomic mass is 10.0. The van der Waals surface area contributed by atoms with Crippen LogP contribution in [0.25, 0.3) is 0 Å². The number of nitrogens with zero attached hydrogens (tertiary/aromatic N) is 2. The molecule has 2 heterocycles. The fourth-order valence-electron chi connectivity index (χ4n) is 3.48. The van der Waals surface area contributed by atoms with Gasteiger partial charge in [0.25, 0.3) is 5.91 Å². The van der Waals surface area contributed by atoms with Crippen molar-refractivity contribution < 1.29 is 19.7 Å². The van der Waals surface area contributed by atoms with Gasteiger partial charge < -0.3 is 26.0 Å². The average Bonchev–Trinajstić information content (AvgIpc) is 2.76. The average molecular weight is 469 g/mol. The summed E-state index contributed by atoms with van der Waals surface area (Å²) < 4.78 is 11.0. The number of thioether (sulfide) groups is 1. The van der Waals surface area contributed by atoms with Crippen molar-refractivity contribution in [2.24, 2.45) is 0 Å². The van der Waals surface area contributed by atoms with Crippen molar-refractivity contribution >= 4 is 35.0 Å². The predicted octanol–water partition coefficient (Wildman–Crippen LogP) is 2.11. The highest BCUT2D eigenvalue weighted by Gasteiger charge is 2.31. The zero-order valence-electron chi connectivity index (χ0n) is 17.6. The number of anilines is 1. The van der Waals surface area contributed by atoms with Crippen molar-refractivity contribution in [1.29, 1.82) is 0 Å². The van der Waals surface area contributed by atoms with E-state index in [0.29, 0.717) is 22.0 Å². The van der Waals surface area contributed by atoms with Crippen molar-refractivity contribution in [3.63, 3.8) is 0 Å². The van der Waals surface area contributed by atoms with Crippen LogP contribution in [0.1, 0.15) is 16.8 Å². The number of aromatic nitrogens is 1. The van der Waals surface area contributed by atoms with E-state index in [2.05, 4.69) is 15.2 Å². The number of hydrogen-bond acceptors (Lipinski definition) is 7. The minimum atomic E-state index is -0.248. The van der Waals surface area contributed by atoms with Gasteiger partial charge in [0.2, 0.25) is 0 Å². The minimum Gasteiger partial charge on any atom is -0.496 e. The molecule has 2 unspecified atom stereocenters. The Balaban J connectivity index is 0.00000341. The molecule has 2 atom stereocenters. The smallest absolute Gasteiger partial charge is 0.255 e. The van der Waals surface area contributed by atoms with E-state index in [-0.39, 0.29) is 23.5 Å². The van der Waals surface area contributed by atoms with E-state index >= 15 is 0 Å². The number of hydrogen-bond donors (Lipinski definition) is 2. The van der Waals surface area contributed by atoms with E-state index in [0.717, 1.165) is 31.8 Å². The van der Waals surface area contributed by atoms with E-state index in [9.17, 15) is 4.79 Å². The first-order valence-electron chi connectivity index (χ1n) is 9.73. The fourth-order valence-corrected chi connectivity index (χ4v) is 4.54. The molecule has 1 aromatic heterocycles. The molecule has 3 rings (SSSR count). The molecule has 1 aliphatic heterocycles. The first-order valence-corrected chi connectivity index (χ1v) is 11.1. The van der Waals surface area contributed by atoms with Crippen LogP contribution in [0.5, 0.6) is 5.75 Å². The van der Waals surface area contributed by atoms with Gasteiger partial charge in [-0.2, -0.15) is 0 Å². The Bertz CT molecular complexity index is 859. The van der Waals surface area contributed by atoms with E-state index in [1.807, 2.05) is 23.9 Å². The third-order valence-electron chi connectivity index (χ3n) is 5.15. The van der Waals surface area contributed by atoms with Crippen molar-refractivity contribution in [3.05, 3.63) is 47.2 Å². The number of rotatable bonds is 8. The van der Waals surface area contributed by atoms with E-state index in [1.165, 1.54) is 12.0 Å². The van der Waals surface area contributed by atoms with E-state index in [4.69, 9.17) is 26.8 Å². The zero-order valence-corrected chi connectivity index (χ0v) is 19.2. The zero-order chi connectivity index (χ0) is 21.5. The molecule has 8 nitrogen and oxygen atoms in total. The van der Waals surface area contributed by atoms with Gasteiger partial charge in [-0.05, 0) is 24.6 Å². The number of halogens is 1. The van der Waals surface area contributed by atoms with E-state index < -0.39 is 0 Å². The summed E-state index contributed by atoms with van der Waals surface area (Å²) in [6.45, 7) is 2.61. The highest BCUT2D eigenvalue weighted by Crippen LogP contribution is 2.29. The summed E-state index contributed by atoms with van der Waals surface area (Å²) in [7, 11) is 3.18. The number of ether oxygens (including phenoxy) is 2. The lowest BCUT2D eigenvalue weighted by Crippen LogP contribution is -2.55. The number of carbonyl (C=O) groups is 1. The molecule has 31 heavy (non-hydrogen) atoms. The van der Waals surface area contributed by atoms with Crippen molar-refractivity contribution in [2.75, 3.05) is 45.3 Å². The Labute approximate surface area is 191 Å². The third kappa shape index (κ3) is 6.72. The van der Waals surface area contributed by atoms with Crippen LogP contribution < -0.4 is 15.8 Å². The number of nitrogens with one attached hydrogen (secondary N) is 1. The number of carbonyl (C=O) groups excluding carboxylic acids is 1. The van der Waals surface area contributed by atoms with E-state index in [1.54, 1.807) is 31.6 Å². The summed E-state index contributed by atoms with van der Waals surface area (Å²) in [5, 5.41) is 3.40. The molecule has 170 valence electrons. The molecule has 0 spiro atoms. The summed E-state index contributed by atoms with van der Waals surface area (Å²) in [5.74, 6) is 1.13. The Morgan fingerprint density at radius 2 is 2.10 bits per heavy atom. The SMILES string of the molecule is COc1cc(N)c(Cl)cc1C(=O)NC1CCN(CCSc2ccncc2)CC1OC.O. The Morgan fingerprint density at radius 3 is 2.77 bits per heavy atom. The molecule has 0 aliphatic carbocycles. The van der Waals surface area contributed by atoms with Gasteiger partial charge in [-0.25, -0.2) is 0 Å². The van der Waals surface area contributed by atoms with Gasteiger partial charge >= 0.3 is 0 Å². The third-order valence-corrected chi connectivity index (χ3v) is 6.47. The maximum Gasteiger partial charge on any atom is 0.255 e. The van der Waals surface area contributed by atoms with Gasteiger partial charge in [0, 0.05) is 55.9 Å². The molecule has 0 radical (unpaired) electrons. The van der Waals surface area contributed by atoms with Crippen LogP contribution in [0.15, 0.2) is 41.6 Å². The maximum absolute atomic E-state index is 12.9. The highest BCUT2D eigenvalue weighted by atomic mass is 35.5. The molecule has 1 fully saturated rings. The number of amides is 1. The molecular formula is C21H29ClN4O4S. The molecule has 0 bridgehead atoms. The highest BCUT2D eigenvalue weighted by molar-refractivity contribution is 7.99. The van der Waals surface area contributed by atoms with Crippen LogP contribution in [0.3, 0.4) is 0 Å². The van der Waals surface area contributed by atoms with Gasteiger partial charge in [0.1, 0.15) is 5.75 Å². The number of likely N-dealkylation sites (tertiary alicyclic amines) is 1. The normalized spacial score (nSPS) is 18.8. The van der Waals surface area contributed by atoms with Crippen LogP contribution in [0.4, 0.5) is 5.69 Å². The number of methoxy groups -OCH3 is 2. The summed E-state index contributed by atoms with van der Waals surface area (Å²) in [6.07, 6.45) is 4.32. The second-order valence-corrected chi connectivity index (χ2v) is 8.62. The molecule has 0 saturated carbocycles. The summed E-state index contributed by atoms with van der Waals surface area (Å²) in [4.78, 5) is 20.5. The fraction of sp³-hybridized carbons (Fsp3) is 0.429. The predicted molar refractivity (Wildman–Crippen MR) is 124 cm³/mol. The van der Waals surface area contributed by atoms with Crippen molar-refractivity contribution in [1.82, 2.24) is 15.2 Å². The first kappa shape index (κ1) is 25.2. The topological polar surface area (TPSA) is 121 Å². The molecule has 5 N–H and O–H groups in total. The largest absolute Gasteiger partial charge is 0.496 e. The van der Waals surface area contributed by atoms with Gasteiger partial charge in [0.15, 0.2) is 0 Å². The Hall–Kier alpha value is -2.04. The molecule has 2 aromatic rings. The molecule has 1 aromatic carbocycles. The molecule has 10 heteroatoms. The van der Waals surface area contributed by atoms with Gasteiger partial charge in [-0.15, -0.1) is 11.8 Å². The van der Waals surface area contributed by atoms with Gasteiger partial charge in [0.05, 0.1) is 35.5 Å². The standard InChI is InChI=1S/C21H27ClN4O3S.H2O/c1-28-19-12-17(23)16(22)11-15(19)21(27)25-18-5-8-26(13-20(18)29-2)9-10-30-14-3-6-24-7-4-14;/h3-4,6-7,11-12,18,20H,5,8-10,13,23H2,1-2H3,(H,25,27);1H2. The lowest BCUT2D eigenvalue weighted by molar-refractivity contribution is 0.00834. The van der Waals surface area contributed by atoms with Crippen LogP contribution in [0, 0.1) is 0 Å².